The molecular weight excluding hydrogens is 598 g/mol. The molecule has 0 amide bonds. The number of benzene rings is 4. The first kappa shape index (κ1) is 32.9. The Balaban J connectivity index is 1.23. The largest absolute Gasteiger partial charge is 0.375 e. The minimum atomic E-state index is -0.647. The fourth-order valence-corrected chi connectivity index (χ4v) is 7.83. The predicted molar refractivity (Wildman–Crippen MR) is 186 cm³/mol. The second-order valence-corrected chi connectivity index (χ2v) is 13.6. The summed E-state index contributed by atoms with van der Waals surface area (Å²) in [7, 11) is 0. The number of nitrogens with zero attached hydrogens (tertiary/aromatic N) is 1. The van der Waals surface area contributed by atoms with Crippen LogP contribution in [0.15, 0.2) is 121 Å². The van der Waals surface area contributed by atoms with Gasteiger partial charge in [0, 0.05) is 12.5 Å². The standard InChI is InChI=1S/C42H47NO5/c44-38(36-24-14-5-15-25-36)40-42(31-45-27-32-16-6-1-7-17-32)41(48-30-35-22-12-4-13-23-35)39(47-29-34-20-10-3-11-21-34)37(26-43(40)42)46-28-33-18-8-2-9-19-33/h1-4,6-13,16-23,36-37,39-41H,5,14-15,24-31H2/t37-,39+,40?,41-,42-,43?/m0/s1. The van der Waals surface area contributed by atoms with Crippen molar-refractivity contribution in [1.29, 1.82) is 0 Å². The van der Waals surface area contributed by atoms with Crippen LogP contribution in [0.2, 0.25) is 0 Å². The van der Waals surface area contributed by atoms with Crippen LogP contribution in [-0.2, 0) is 50.2 Å². The number of rotatable bonds is 15. The van der Waals surface area contributed by atoms with Crippen LogP contribution in [0.25, 0.3) is 0 Å². The van der Waals surface area contributed by atoms with E-state index in [1.165, 1.54) is 6.42 Å². The van der Waals surface area contributed by atoms with Crippen molar-refractivity contribution < 1.29 is 23.7 Å². The first-order valence-electron chi connectivity index (χ1n) is 17.6. The van der Waals surface area contributed by atoms with Crippen LogP contribution in [-0.4, -0.2) is 53.7 Å². The maximum atomic E-state index is 14.5. The Morgan fingerprint density at radius 3 is 1.62 bits per heavy atom. The van der Waals surface area contributed by atoms with Gasteiger partial charge in [-0.2, -0.15) is 0 Å². The van der Waals surface area contributed by atoms with E-state index in [1.54, 1.807) is 0 Å². The van der Waals surface area contributed by atoms with E-state index in [0.717, 1.165) is 47.9 Å². The summed E-state index contributed by atoms with van der Waals surface area (Å²) in [5.74, 6) is 0.402. The van der Waals surface area contributed by atoms with Crippen LogP contribution in [0.3, 0.4) is 0 Å². The minimum absolute atomic E-state index is 0.0718. The van der Waals surface area contributed by atoms with E-state index in [-0.39, 0.29) is 18.1 Å². The van der Waals surface area contributed by atoms with Gasteiger partial charge in [0.2, 0.25) is 0 Å². The van der Waals surface area contributed by atoms with Gasteiger partial charge in [-0.3, -0.25) is 9.69 Å². The van der Waals surface area contributed by atoms with E-state index >= 15 is 0 Å². The smallest absolute Gasteiger partial charge is 0.155 e. The number of carbonyl (C=O) groups is 1. The van der Waals surface area contributed by atoms with Gasteiger partial charge in [0.05, 0.1) is 50.7 Å². The lowest BCUT2D eigenvalue weighted by Gasteiger charge is -2.42. The molecule has 0 radical (unpaired) electrons. The van der Waals surface area contributed by atoms with Crippen LogP contribution in [0.5, 0.6) is 0 Å². The third-order valence-electron chi connectivity index (χ3n) is 10.4. The van der Waals surface area contributed by atoms with Crippen molar-refractivity contribution in [3.63, 3.8) is 0 Å². The monoisotopic (exact) mass is 645 g/mol. The second-order valence-electron chi connectivity index (χ2n) is 13.6. The van der Waals surface area contributed by atoms with Gasteiger partial charge in [0.1, 0.15) is 12.2 Å². The van der Waals surface area contributed by atoms with Crippen molar-refractivity contribution in [2.45, 2.75) is 88.4 Å². The lowest BCUT2D eigenvalue weighted by Crippen LogP contribution is -2.60. The zero-order valence-corrected chi connectivity index (χ0v) is 27.7. The first-order chi connectivity index (χ1) is 23.7. The Morgan fingerprint density at radius 2 is 1.08 bits per heavy atom. The van der Waals surface area contributed by atoms with Crippen LogP contribution >= 0.6 is 0 Å². The maximum absolute atomic E-state index is 14.5. The molecule has 250 valence electrons. The van der Waals surface area contributed by atoms with E-state index in [2.05, 4.69) is 53.4 Å². The molecule has 6 heteroatoms. The van der Waals surface area contributed by atoms with E-state index in [4.69, 9.17) is 18.9 Å². The lowest BCUT2D eigenvalue weighted by atomic mass is 9.81. The maximum Gasteiger partial charge on any atom is 0.155 e. The highest BCUT2D eigenvalue weighted by Crippen LogP contribution is 2.53. The van der Waals surface area contributed by atoms with Crippen molar-refractivity contribution >= 4 is 5.78 Å². The molecule has 6 nitrogen and oxygen atoms in total. The molecular formula is C42H47NO5. The molecule has 2 saturated heterocycles. The van der Waals surface area contributed by atoms with Crippen molar-refractivity contribution in [3.05, 3.63) is 144 Å². The number of carbonyl (C=O) groups excluding carboxylic acids is 1. The van der Waals surface area contributed by atoms with Gasteiger partial charge < -0.3 is 18.9 Å². The van der Waals surface area contributed by atoms with Crippen molar-refractivity contribution in [3.8, 4) is 0 Å². The molecule has 3 fully saturated rings. The number of hydrogen-bond acceptors (Lipinski definition) is 6. The Bertz CT molecular complexity index is 1560. The normalized spacial score (nSPS) is 26.9. The van der Waals surface area contributed by atoms with Gasteiger partial charge in [-0.1, -0.05) is 141 Å². The summed E-state index contributed by atoms with van der Waals surface area (Å²) < 4.78 is 27.2. The molecule has 3 aliphatic rings. The van der Waals surface area contributed by atoms with Gasteiger partial charge in [-0.25, -0.2) is 0 Å². The van der Waals surface area contributed by atoms with E-state index < -0.39 is 17.7 Å². The van der Waals surface area contributed by atoms with E-state index in [9.17, 15) is 4.79 Å². The van der Waals surface area contributed by atoms with E-state index in [0.29, 0.717) is 45.4 Å². The number of fused-ring (bicyclic) bond motifs is 1. The molecule has 7 rings (SSSR count). The molecule has 48 heavy (non-hydrogen) atoms. The van der Waals surface area contributed by atoms with Crippen LogP contribution < -0.4 is 0 Å². The van der Waals surface area contributed by atoms with E-state index in [1.807, 2.05) is 72.8 Å². The van der Waals surface area contributed by atoms with Gasteiger partial charge in [0.25, 0.3) is 0 Å². The highest BCUT2D eigenvalue weighted by atomic mass is 16.6. The minimum Gasteiger partial charge on any atom is -0.375 e. The van der Waals surface area contributed by atoms with Gasteiger partial charge in [0.15, 0.2) is 5.78 Å². The van der Waals surface area contributed by atoms with Crippen LogP contribution in [0.1, 0.15) is 54.4 Å². The summed E-state index contributed by atoms with van der Waals surface area (Å²) in [4.78, 5) is 16.9. The zero-order chi connectivity index (χ0) is 32.6. The number of hydrogen-bond donors (Lipinski definition) is 0. The quantitative estimate of drug-likeness (QED) is 0.125. The Morgan fingerprint density at radius 1 is 0.604 bits per heavy atom. The molecule has 2 unspecified atom stereocenters. The molecule has 1 aliphatic carbocycles. The third kappa shape index (κ3) is 7.49. The predicted octanol–water partition coefficient (Wildman–Crippen LogP) is 7.55. The topological polar surface area (TPSA) is 57.0 Å². The molecule has 0 N–H and O–H groups in total. The van der Waals surface area contributed by atoms with Gasteiger partial charge in [-0.05, 0) is 35.1 Å². The first-order valence-corrected chi connectivity index (χ1v) is 17.6. The molecule has 4 aromatic rings. The number of ketones is 1. The Labute approximate surface area is 285 Å². The molecule has 0 bridgehead atoms. The fraction of sp³-hybridized carbons (Fsp3) is 0.405. The molecule has 4 aromatic carbocycles. The van der Waals surface area contributed by atoms with Gasteiger partial charge >= 0.3 is 0 Å². The zero-order valence-electron chi connectivity index (χ0n) is 27.7. The highest BCUT2D eigenvalue weighted by molar-refractivity contribution is 5.91. The molecule has 0 spiro atoms. The second kappa shape index (κ2) is 15.7. The number of piperidine rings is 1. The fourth-order valence-electron chi connectivity index (χ4n) is 7.83. The summed E-state index contributed by atoms with van der Waals surface area (Å²) in [5, 5.41) is 0. The average Bonchev–Trinajstić information content (AvgIpc) is 3.81. The summed E-state index contributed by atoms with van der Waals surface area (Å²) >= 11 is 0. The average molecular weight is 646 g/mol. The third-order valence-corrected chi connectivity index (χ3v) is 10.4. The molecule has 0 aromatic heterocycles. The SMILES string of the molecule is O=C(C1CCCCC1)C1N2C[C@H](OCc3ccccc3)[C@@H](OCc3ccccc3)[C@H](OCc3ccccc3)[C@]12COCc1ccccc1. The molecule has 2 heterocycles. The Kier molecular flexibility index (Phi) is 10.8. The molecule has 6 atom stereocenters. The Hall–Kier alpha value is -3.65. The van der Waals surface area contributed by atoms with Crippen molar-refractivity contribution in [2.24, 2.45) is 5.92 Å². The van der Waals surface area contributed by atoms with Crippen molar-refractivity contribution in [2.75, 3.05) is 13.2 Å². The highest BCUT2D eigenvalue weighted by Gasteiger charge is 2.75. The summed E-state index contributed by atoms with van der Waals surface area (Å²) in [5.41, 5.74) is 3.73. The van der Waals surface area contributed by atoms with Crippen LogP contribution in [0.4, 0.5) is 0 Å². The summed E-state index contributed by atoms with van der Waals surface area (Å²) in [6.45, 7) is 2.70. The van der Waals surface area contributed by atoms with Crippen molar-refractivity contribution in [1.82, 2.24) is 4.90 Å². The van der Waals surface area contributed by atoms with Crippen LogP contribution in [0, 0.1) is 5.92 Å². The molecule has 1 saturated carbocycles. The lowest BCUT2D eigenvalue weighted by molar-refractivity contribution is -0.191. The summed E-state index contributed by atoms with van der Waals surface area (Å²) in [6, 6.07) is 40.7. The number of Topliss-reactive ketones (excluding diaryl/α,β-unsaturated/α-hetero) is 1. The van der Waals surface area contributed by atoms with Gasteiger partial charge in [-0.15, -0.1) is 0 Å². The number of ether oxygens (including phenoxy) is 4. The molecule has 2 aliphatic heterocycles. The summed E-state index contributed by atoms with van der Waals surface area (Å²) in [6.07, 6.45) is 4.17.